The molecule has 0 aliphatic carbocycles. The van der Waals surface area contributed by atoms with E-state index in [0.717, 1.165) is 43.5 Å². The van der Waals surface area contributed by atoms with Crippen molar-refractivity contribution in [2.45, 2.75) is 53.7 Å². The normalized spacial score (nSPS) is 18.8. The number of benzene rings is 3. The Labute approximate surface area is 308 Å². The zero-order chi connectivity index (χ0) is 40.8. The standard InChI is InChI=1S/C35H33F10N3O6S/c1-22(49)46-15-17-47(18-16-46)30(50)48-14-13-31(21-48,55(51,52)28-11-9-27(36)10-12-28)24-5-7-25(8-6-24)32(34(40,41)42,35(43,44)45)54-20-23-3-4-26(33(37,38)39)19-29(23)53-2/h3-12,19H,13-18,20-21H2,1-2H3/t31-/m0/s1. The molecule has 3 amide bonds. The van der Waals surface area contributed by atoms with E-state index < -0.39 is 91.0 Å². The first-order chi connectivity index (χ1) is 25.5. The highest BCUT2D eigenvalue weighted by Crippen LogP contribution is 2.54. The third-order valence-electron chi connectivity index (χ3n) is 9.81. The van der Waals surface area contributed by atoms with Gasteiger partial charge in [-0.3, -0.25) is 4.79 Å². The van der Waals surface area contributed by atoms with Crippen LogP contribution in [0, 0.1) is 5.82 Å². The van der Waals surface area contributed by atoms with Crippen LogP contribution >= 0.6 is 0 Å². The molecule has 2 heterocycles. The second-order valence-electron chi connectivity index (χ2n) is 13.0. The van der Waals surface area contributed by atoms with Gasteiger partial charge in [-0.25, -0.2) is 17.6 Å². The predicted molar refractivity (Wildman–Crippen MR) is 174 cm³/mol. The van der Waals surface area contributed by atoms with E-state index >= 15 is 0 Å². The monoisotopic (exact) mass is 813 g/mol. The molecule has 0 aromatic heterocycles. The molecule has 3 aromatic rings. The van der Waals surface area contributed by atoms with E-state index in [4.69, 9.17) is 4.74 Å². The maximum Gasteiger partial charge on any atom is 0.430 e. The van der Waals surface area contributed by atoms with Crippen molar-refractivity contribution in [2.24, 2.45) is 0 Å². The lowest BCUT2D eigenvalue weighted by atomic mass is 9.88. The second-order valence-corrected chi connectivity index (χ2v) is 15.2. The number of rotatable bonds is 8. The first kappa shape index (κ1) is 41.6. The first-order valence-corrected chi connectivity index (χ1v) is 17.9. The van der Waals surface area contributed by atoms with E-state index in [1.165, 1.54) is 21.6 Å². The van der Waals surface area contributed by atoms with Crippen molar-refractivity contribution < 1.29 is 71.4 Å². The first-order valence-electron chi connectivity index (χ1n) is 16.4. The molecule has 5 rings (SSSR count). The third-order valence-corrected chi connectivity index (χ3v) is 12.3. The molecule has 0 N–H and O–H groups in total. The van der Waals surface area contributed by atoms with E-state index in [0.29, 0.717) is 30.3 Å². The van der Waals surface area contributed by atoms with Gasteiger partial charge in [0, 0.05) is 57.3 Å². The van der Waals surface area contributed by atoms with Gasteiger partial charge in [0.05, 0.1) is 24.2 Å². The topological polar surface area (TPSA) is 96.5 Å². The van der Waals surface area contributed by atoms with Crippen LogP contribution in [-0.2, 0) is 42.5 Å². The summed E-state index contributed by atoms with van der Waals surface area (Å²) < 4.78 is 178. The Morgan fingerprint density at radius 3 is 1.80 bits per heavy atom. The Kier molecular flexibility index (Phi) is 11.2. The molecule has 55 heavy (non-hydrogen) atoms. The van der Waals surface area contributed by atoms with Gasteiger partial charge in [0.2, 0.25) is 5.91 Å². The van der Waals surface area contributed by atoms with Crippen LogP contribution < -0.4 is 4.74 Å². The number of amides is 3. The molecular weight excluding hydrogens is 780 g/mol. The lowest BCUT2D eigenvalue weighted by Crippen LogP contribution is -2.56. The van der Waals surface area contributed by atoms with Crippen LogP contribution in [0.5, 0.6) is 5.75 Å². The van der Waals surface area contributed by atoms with Gasteiger partial charge in [-0.1, -0.05) is 30.3 Å². The molecule has 2 aliphatic heterocycles. The van der Waals surface area contributed by atoms with Crippen molar-refractivity contribution in [2.75, 3.05) is 46.4 Å². The number of methoxy groups -OCH3 is 1. The number of carbonyl (C=O) groups is 2. The molecule has 2 aliphatic rings. The van der Waals surface area contributed by atoms with E-state index in [1.807, 2.05) is 0 Å². The highest BCUT2D eigenvalue weighted by molar-refractivity contribution is 7.92. The zero-order valence-electron chi connectivity index (χ0n) is 29.0. The van der Waals surface area contributed by atoms with Crippen LogP contribution in [0.25, 0.3) is 0 Å². The lowest BCUT2D eigenvalue weighted by Gasteiger charge is -2.38. The van der Waals surface area contributed by atoms with Gasteiger partial charge in [0.25, 0.3) is 5.60 Å². The maximum absolute atomic E-state index is 14.7. The Hall–Kier alpha value is -4.59. The van der Waals surface area contributed by atoms with Crippen molar-refractivity contribution in [1.82, 2.24) is 14.7 Å². The van der Waals surface area contributed by atoms with Crippen LogP contribution in [-0.4, -0.2) is 93.8 Å². The summed E-state index contributed by atoms with van der Waals surface area (Å²) in [6, 6.07) is 6.64. The summed E-state index contributed by atoms with van der Waals surface area (Å²) in [6.45, 7) is -0.358. The average Bonchev–Trinajstić information content (AvgIpc) is 3.58. The molecule has 2 saturated heterocycles. The summed E-state index contributed by atoms with van der Waals surface area (Å²) in [5.41, 5.74) is -8.76. The van der Waals surface area contributed by atoms with Gasteiger partial charge in [-0.05, 0) is 48.4 Å². The van der Waals surface area contributed by atoms with Crippen molar-refractivity contribution in [3.8, 4) is 5.75 Å². The minimum atomic E-state index is -6.23. The number of nitrogens with zero attached hydrogens (tertiary/aromatic N) is 3. The predicted octanol–water partition coefficient (Wildman–Crippen LogP) is 7.05. The van der Waals surface area contributed by atoms with Gasteiger partial charge in [0.15, 0.2) is 9.84 Å². The number of alkyl halides is 9. The molecule has 300 valence electrons. The van der Waals surface area contributed by atoms with E-state index in [1.54, 1.807) is 0 Å². The molecule has 0 radical (unpaired) electrons. The number of piperazine rings is 1. The van der Waals surface area contributed by atoms with Crippen molar-refractivity contribution in [3.05, 3.63) is 94.8 Å². The molecule has 1 atom stereocenters. The SMILES string of the molecule is COc1cc(C(F)(F)F)ccc1COC(c1ccc([C@]2(S(=O)(=O)c3ccc(F)cc3)CCN(C(=O)N3CCN(C(C)=O)CC3)C2)cc1)(C(F)(F)F)C(F)(F)F. The molecule has 2 fully saturated rings. The molecular formula is C35H33F10N3O6S. The van der Waals surface area contributed by atoms with Gasteiger partial charge in [-0.15, -0.1) is 0 Å². The average molecular weight is 814 g/mol. The minimum Gasteiger partial charge on any atom is -0.496 e. The highest BCUT2D eigenvalue weighted by Gasteiger charge is 2.73. The van der Waals surface area contributed by atoms with Crippen LogP contribution in [0.1, 0.15) is 35.6 Å². The quantitative estimate of drug-likeness (QED) is 0.179. The van der Waals surface area contributed by atoms with Crippen LogP contribution in [0.2, 0.25) is 0 Å². The number of likely N-dealkylation sites (tertiary alicyclic amines) is 1. The molecule has 20 heteroatoms. The van der Waals surface area contributed by atoms with Crippen LogP contribution in [0.3, 0.4) is 0 Å². The number of sulfone groups is 1. The number of urea groups is 1. The molecule has 0 bridgehead atoms. The maximum atomic E-state index is 14.7. The molecule has 0 spiro atoms. The number of halogens is 10. The number of hydrogen-bond acceptors (Lipinski definition) is 6. The lowest BCUT2D eigenvalue weighted by molar-refractivity contribution is -0.392. The van der Waals surface area contributed by atoms with E-state index in [9.17, 15) is 61.9 Å². The van der Waals surface area contributed by atoms with Gasteiger partial charge in [-0.2, -0.15) is 39.5 Å². The summed E-state index contributed by atoms with van der Waals surface area (Å²) in [5, 5.41) is 0. The Balaban J connectivity index is 1.55. The summed E-state index contributed by atoms with van der Waals surface area (Å²) in [4.78, 5) is 29.0. The highest BCUT2D eigenvalue weighted by atomic mass is 32.2. The van der Waals surface area contributed by atoms with Crippen molar-refractivity contribution in [1.29, 1.82) is 0 Å². The zero-order valence-corrected chi connectivity index (χ0v) is 29.8. The Morgan fingerprint density at radius 2 is 1.29 bits per heavy atom. The number of ether oxygens (including phenoxy) is 2. The van der Waals surface area contributed by atoms with Crippen LogP contribution in [0.4, 0.5) is 48.7 Å². The molecule has 9 nitrogen and oxygen atoms in total. The summed E-state index contributed by atoms with van der Waals surface area (Å²) in [6.07, 6.45) is -17.7. The fourth-order valence-electron chi connectivity index (χ4n) is 6.78. The smallest absolute Gasteiger partial charge is 0.430 e. The molecule has 0 unspecified atom stereocenters. The third kappa shape index (κ3) is 7.66. The molecule has 0 saturated carbocycles. The fourth-order valence-corrected chi connectivity index (χ4v) is 8.85. The summed E-state index contributed by atoms with van der Waals surface area (Å²) in [7, 11) is -3.80. The number of hydrogen-bond donors (Lipinski definition) is 0. The van der Waals surface area contributed by atoms with Gasteiger partial charge >= 0.3 is 24.6 Å². The fraction of sp³-hybridized carbons (Fsp3) is 0.429. The largest absolute Gasteiger partial charge is 0.496 e. The van der Waals surface area contributed by atoms with E-state index in [-0.39, 0.29) is 50.6 Å². The van der Waals surface area contributed by atoms with Gasteiger partial charge in [0.1, 0.15) is 16.3 Å². The minimum absolute atomic E-state index is 0.108. The van der Waals surface area contributed by atoms with Gasteiger partial charge < -0.3 is 24.2 Å². The van der Waals surface area contributed by atoms with E-state index in [2.05, 4.69) is 4.74 Å². The Bertz CT molecular complexity index is 1980. The second kappa shape index (κ2) is 14.8. The van der Waals surface area contributed by atoms with Crippen molar-refractivity contribution >= 4 is 21.8 Å². The summed E-state index contributed by atoms with van der Waals surface area (Å²) in [5.74, 6) is -1.71. The van der Waals surface area contributed by atoms with Crippen molar-refractivity contribution in [3.63, 3.8) is 0 Å². The molecule has 3 aromatic carbocycles. The van der Waals surface area contributed by atoms with Crippen LogP contribution in [0.15, 0.2) is 71.6 Å². The Morgan fingerprint density at radius 1 is 0.745 bits per heavy atom. The number of carbonyl (C=O) groups excluding carboxylic acids is 2. The summed E-state index contributed by atoms with van der Waals surface area (Å²) >= 11 is 0.